The summed E-state index contributed by atoms with van der Waals surface area (Å²) in [6.07, 6.45) is 2.40. The molecule has 0 aliphatic carbocycles. The van der Waals surface area contributed by atoms with E-state index < -0.39 is 23.6 Å². The summed E-state index contributed by atoms with van der Waals surface area (Å²) in [4.78, 5) is 38.4. The maximum absolute atomic E-state index is 11.6. The van der Waals surface area contributed by atoms with Gasteiger partial charge in [-0.2, -0.15) is 0 Å². The maximum atomic E-state index is 11.6. The van der Waals surface area contributed by atoms with Crippen molar-refractivity contribution >= 4 is 29.3 Å². The molecule has 4 rings (SSSR count). The smallest absolute Gasteiger partial charge is 0.330 e. The zero-order valence-electron chi connectivity index (χ0n) is 14.9. The number of aliphatic hydroxyl groups is 1. The number of aromatic nitrogens is 6. The van der Waals surface area contributed by atoms with Gasteiger partial charge < -0.3 is 31.3 Å². The van der Waals surface area contributed by atoms with E-state index in [1.54, 1.807) is 6.92 Å². The first-order chi connectivity index (χ1) is 13.3. The van der Waals surface area contributed by atoms with E-state index in [1.807, 2.05) is 0 Å². The molecule has 12 nitrogen and oxygen atoms in total. The predicted octanol–water partition coefficient (Wildman–Crippen LogP) is -0.950. The molecule has 8 N–H and O–H groups in total. The Morgan fingerprint density at radius 1 is 1.43 bits per heavy atom. The molecule has 3 aromatic heterocycles. The SMILES string of the molecule is Cc1cn([C@H]2C[C@H](N)[C@@H](CO)O2)c(=O)[nH]c1=O.Nc1nc(=S)c2[nH]cnc2[nH]1. The van der Waals surface area contributed by atoms with Crippen LogP contribution in [0.1, 0.15) is 18.2 Å². The number of nitrogens with one attached hydrogen (secondary N) is 3. The molecule has 13 heteroatoms. The molecule has 3 atom stereocenters. The number of rotatable bonds is 2. The van der Waals surface area contributed by atoms with Gasteiger partial charge >= 0.3 is 5.69 Å². The minimum absolute atomic E-state index is 0.186. The zero-order valence-corrected chi connectivity index (χ0v) is 15.7. The number of nitrogens with two attached hydrogens (primary N) is 2. The third-order valence-electron chi connectivity index (χ3n) is 4.24. The van der Waals surface area contributed by atoms with E-state index in [0.29, 0.717) is 27.8 Å². The van der Waals surface area contributed by atoms with Crippen molar-refractivity contribution in [3.63, 3.8) is 0 Å². The Morgan fingerprint density at radius 3 is 2.86 bits per heavy atom. The molecular formula is C15H20N8O4S. The number of H-pyrrole nitrogens is 3. The number of nitrogen functional groups attached to an aromatic ring is 1. The normalized spacial score (nSPS) is 21.5. The van der Waals surface area contributed by atoms with Crippen molar-refractivity contribution in [2.24, 2.45) is 5.73 Å². The first kappa shape index (κ1) is 19.9. The number of imidazole rings is 1. The lowest BCUT2D eigenvalue weighted by Crippen LogP contribution is -2.33. The second-order valence-corrected chi connectivity index (χ2v) is 6.63. The number of hydrogen-bond acceptors (Lipinski definition) is 9. The minimum atomic E-state index is -0.537. The Kier molecular flexibility index (Phi) is 5.69. The average molecular weight is 408 g/mol. The highest BCUT2D eigenvalue weighted by Gasteiger charge is 2.33. The number of aromatic amines is 3. The topological polar surface area (TPSA) is 194 Å². The number of anilines is 1. The third-order valence-corrected chi connectivity index (χ3v) is 4.54. The maximum Gasteiger partial charge on any atom is 0.330 e. The van der Waals surface area contributed by atoms with E-state index in [9.17, 15) is 9.59 Å². The van der Waals surface area contributed by atoms with Crippen LogP contribution in [0.15, 0.2) is 22.1 Å². The van der Waals surface area contributed by atoms with Gasteiger partial charge in [0.05, 0.1) is 19.0 Å². The summed E-state index contributed by atoms with van der Waals surface area (Å²) in [6, 6.07) is -0.316. The van der Waals surface area contributed by atoms with E-state index in [-0.39, 0.29) is 18.6 Å². The van der Waals surface area contributed by atoms with Crippen LogP contribution in [0.3, 0.4) is 0 Å². The number of nitrogens with zero attached hydrogens (tertiary/aromatic N) is 3. The van der Waals surface area contributed by atoms with Crippen molar-refractivity contribution in [1.29, 1.82) is 0 Å². The second-order valence-electron chi connectivity index (χ2n) is 6.24. The highest BCUT2D eigenvalue weighted by molar-refractivity contribution is 7.71. The molecule has 3 aromatic rings. The van der Waals surface area contributed by atoms with Crippen LogP contribution in [0.25, 0.3) is 11.2 Å². The van der Waals surface area contributed by atoms with Crippen LogP contribution in [0.2, 0.25) is 0 Å². The van der Waals surface area contributed by atoms with Gasteiger partial charge in [-0.1, -0.05) is 12.2 Å². The van der Waals surface area contributed by atoms with Gasteiger partial charge in [-0.3, -0.25) is 14.3 Å². The molecule has 1 aliphatic rings. The Bertz CT molecular complexity index is 1150. The van der Waals surface area contributed by atoms with Crippen LogP contribution >= 0.6 is 12.2 Å². The summed E-state index contributed by atoms with van der Waals surface area (Å²) in [5, 5.41) is 9.02. The van der Waals surface area contributed by atoms with Crippen molar-refractivity contribution < 1.29 is 9.84 Å². The molecule has 1 saturated heterocycles. The Labute approximate surface area is 162 Å². The van der Waals surface area contributed by atoms with Gasteiger partial charge in [-0.25, -0.2) is 14.8 Å². The van der Waals surface area contributed by atoms with E-state index >= 15 is 0 Å². The standard InChI is InChI=1S/C10H15N3O4.C5H5N5S/c1-5-3-13(10(16)12-9(5)15)8-2-6(11)7(4-14)17-8;6-5-9-3-2(4(11)10-5)7-1-8-3/h3,6-8,14H,2,4,11H2,1H3,(H,12,15,16);1H,(H4,6,7,8,9,10,11)/t6-,7+,8+;/m0./s1. The molecule has 0 spiro atoms. The van der Waals surface area contributed by atoms with Gasteiger partial charge in [0.2, 0.25) is 5.95 Å². The Hall–Kier alpha value is -2.87. The molecule has 1 fully saturated rings. The minimum Gasteiger partial charge on any atom is -0.394 e. The number of aryl methyl sites for hydroxylation is 1. The van der Waals surface area contributed by atoms with Gasteiger partial charge in [0, 0.05) is 24.2 Å². The van der Waals surface area contributed by atoms with E-state index in [0.717, 1.165) is 0 Å². The number of ether oxygens (including phenoxy) is 1. The Balaban J connectivity index is 0.000000176. The fourth-order valence-electron chi connectivity index (χ4n) is 2.77. The van der Waals surface area contributed by atoms with Gasteiger partial charge in [-0.05, 0) is 6.92 Å². The summed E-state index contributed by atoms with van der Waals surface area (Å²) in [5.74, 6) is 0.287. The van der Waals surface area contributed by atoms with E-state index in [4.69, 9.17) is 33.5 Å². The molecule has 0 saturated carbocycles. The van der Waals surface area contributed by atoms with Crippen molar-refractivity contribution in [2.45, 2.75) is 31.7 Å². The monoisotopic (exact) mass is 408 g/mol. The molecule has 0 amide bonds. The van der Waals surface area contributed by atoms with Crippen LogP contribution in [-0.2, 0) is 4.74 Å². The first-order valence-electron chi connectivity index (χ1n) is 8.33. The van der Waals surface area contributed by atoms with Gasteiger partial charge in [0.1, 0.15) is 11.7 Å². The molecular weight excluding hydrogens is 388 g/mol. The molecule has 0 unspecified atom stereocenters. The van der Waals surface area contributed by atoms with Crippen LogP contribution in [0, 0.1) is 11.6 Å². The van der Waals surface area contributed by atoms with Gasteiger partial charge in [0.15, 0.2) is 10.3 Å². The molecule has 150 valence electrons. The van der Waals surface area contributed by atoms with Crippen LogP contribution in [-0.4, -0.2) is 53.3 Å². The summed E-state index contributed by atoms with van der Waals surface area (Å²) in [6.45, 7) is 1.42. The Morgan fingerprint density at radius 2 is 2.18 bits per heavy atom. The summed E-state index contributed by atoms with van der Waals surface area (Å²) < 4.78 is 7.19. The second kappa shape index (κ2) is 8.02. The number of fused-ring (bicyclic) bond motifs is 1. The van der Waals surface area contributed by atoms with Crippen molar-refractivity contribution in [3.05, 3.63) is 43.6 Å². The predicted molar refractivity (Wildman–Crippen MR) is 103 cm³/mol. The van der Waals surface area contributed by atoms with E-state index in [1.165, 1.54) is 17.1 Å². The third kappa shape index (κ3) is 4.01. The highest BCUT2D eigenvalue weighted by atomic mass is 32.1. The largest absolute Gasteiger partial charge is 0.394 e. The van der Waals surface area contributed by atoms with Crippen LogP contribution < -0.4 is 22.7 Å². The van der Waals surface area contributed by atoms with Crippen molar-refractivity contribution in [2.75, 3.05) is 12.3 Å². The first-order valence-corrected chi connectivity index (χ1v) is 8.73. The van der Waals surface area contributed by atoms with E-state index in [2.05, 4.69) is 24.9 Å². The molecule has 0 radical (unpaired) electrons. The van der Waals surface area contributed by atoms with Gasteiger partial charge in [0.25, 0.3) is 5.56 Å². The van der Waals surface area contributed by atoms with Crippen molar-refractivity contribution in [3.8, 4) is 0 Å². The lowest BCUT2D eigenvalue weighted by atomic mass is 10.1. The number of aliphatic hydroxyl groups excluding tert-OH is 1. The summed E-state index contributed by atoms with van der Waals surface area (Å²) in [5.41, 5.74) is 12.0. The van der Waals surface area contributed by atoms with Crippen LogP contribution in [0.4, 0.5) is 5.95 Å². The molecule has 28 heavy (non-hydrogen) atoms. The highest BCUT2D eigenvalue weighted by Crippen LogP contribution is 2.25. The molecule has 4 heterocycles. The van der Waals surface area contributed by atoms with Crippen molar-refractivity contribution in [1.82, 2.24) is 29.5 Å². The molecule has 0 bridgehead atoms. The fourth-order valence-corrected chi connectivity index (χ4v) is 3.02. The fraction of sp³-hybridized carbons (Fsp3) is 0.400. The number of hydrogen-bond donors (Lipinski definition) is 6. The summed E-state index contributed by atoms with van der Waals surface area (Å²) >= 11 is 4.91. The molecule has 0 aromatic carbocycles. The lowest BCUT2D eigenvalue weighted by Gasteiger charge is -2.14. The quantitative estimate of drug-likeness (QED) is 0.290. The van der Waals surface area contributed by atoms with Gasteiger partial charge in [-0.15, -0.1) is 0 Å². The lowest BCUT2D eigenvalue weighted by molar-refractivity contribution is -0.0271. The average Bonchev–Trinajstić information content (AvgIpc) is 3.25. The van der Waals surface area contributed by atoms with Crippen LogP contribution in [0.5, 0.6) is 0 Å². The molecule has 1 aliphatic heterocycles. The zero-order chi connectivity index (χ0) is 20.4. The summed E-state index contributed by atoms with van der Waals surface area (Å²) in [7, 11) is 0.